The molecule has 2 saturated heterocycles. The monoisotopic (exact) mass is 398 g/mol. The maximum atomic E-state index is 12.9. The summed E-state index contributed by atoms with van der Waals surface area (Å²) < 4.78 is 25.3. The molecule has 1 aromatic carbocycles. The Morgan fingerprint density at radius 2 is 2.00 bits per heavy atom. The summed E-state index contributed by atoms with van der Waals surface area (Å²) in [7, 11) is -3.91. The average molecular weight is 398 g/mol. The van der Waals surface area contributed by atoms with Crippen LogP contribution >= 0.6 is 0 Å². The number of rotatable bonds is 4. The van der Waals surface area contributed by atoms with Gasteiger partial charge in [0.25, 0.3) is 0 Å². The van der Waals surface area contributed by atoms with Crippen molar-refractivity contribution in [2.45, 2.75) is 36.1 Å². The van der Waals surface area contributed by atoms with Gasteiger partial charge in [-0.3, -0.25) is 9.48 Å². The number of hydrogen-bond acceptors (Lipinski definition) is 7. The maximum absolute atomic E-state index is 12.9. The number of benzene rings is 1. The van der Waals surface area contributed by atoms with E-state index in [1.807, 2.05) is 30.3 Å². The normalized spacial score (nSPS) is 28.2. The molecule has 1 amide bonds. The molecule has 136 valence electrons. The van der Waals surface area contributed by atoms with Crippen LogP contribution in [-0.4, -0.2) is 56.4 Å². The van der Waals surface area contributed by atoms with Crippen molar-refractivity contribution in [3.05, 3.63) is 36.5 Å². The minimum atomic E-state index is -3.91. The third-order valence-corrected chi connectivity index (χ3v) is 7.88. The Hall–Kier alpha value is -1.75. The topological polar surface area (TPSA) is 125 Å². The minimum Gasteiger partial charge on any atom is -0.548 e. The van der Waals surface area contributed by atoms with Crippen molar-refractivity contribution in [1.82, 2.24) is 19.9 Å². The van der Waals surface area contributed by atoms with Crippen molar-refractivity contribution < 1.29 is 52.7 Å². The summed E-state index contributed by atoms with van der Waals surface area (Å²) in [5.41, 5.74) is 1.34. The fourth-order valence-electron chi connectivity index (χ4n) is 3.71. The molecule has 11 heteroatoms. The number of aromatic nitrogens is 3. The Balaban J connectivity index is 0.00000210. The van der Waals surface area contributed by atoms with E-state index in [-0.39, 0.29) is 42.5 Å². The number of carbonyl (C=O) groups is 2. The quantitative estimate of drug-likeness (QED) is 0.378. The smallest absolute Gasteiger partial charge is 0.548 e. The first-order valence-corrected chi connectivity index (χ1v) is 9.51. The van der Waals surface area contributed by atoms with Crippen LogP contribution in [0.2, 0.25) is 0 Å². The van der Waals surface area contributed by atoms with Crippen molar-refractivity contribution in [2.75, 3.05) is 0 Å². The molecule has 9 nitrogen and oxygen atoms in total. The van der Waals surface area contributed by atoms with Crippen molar-refractivity contribution in [2.24, 2.45) is 0 Å². The Kier molecular flexibility index (Phi) is 4.96. The van der Waals surface area contributed by atoms with Gasteiger partial charge in [-0.1, -0.05) is 35.5 Å². The number of β-lactam (4-membered cyclic amide) rings is 1. The van der Waals surface area contributed by atoms with Crippen LogP contribution in [0.4, 0.5) is 0 Å². The second-order valence-corrected chi connectivity index (χ2v) is 9.27. The number of fused-ring (bicyclic) bond motifs is 1. The molecule has 0 spiro atoms. The van der Waals surface area contributed by atoms with Crippen LogP contribution < -0.4 is 34.7 Å². The van der Waals surface area contributed by atoms with Gasteiger partial charge in [-0.2, -0.15) is 0 Å². The van der Waals surface area contributed by atoms with Gasteiger partial charge < -0.3 is 14.8 Å². The zero-order valence-electron chi connectivity index (χ0n) is 14.8. The van der Waals surface area contributed by atoms with E-state index in [1.165, 1.54) is 11.6 Å². The molecule has 0 saturated carbocycles. The van der Waals surface area contributed by atoms with Crippen LogP contribution in [0.15, 0.2) is 36.5 Å². The third kappa shape index (κ3) is 2.82. The maximum Gasteiger partial charge on any atom is 1.00 e. The summed E-state index contributed by atoms with van der Waals surface area (Å²) in [6.45, 7) is 1.08. The number of carboxylic acids is 1. The molecule has 0 radical (unpaired) electrons. The first kappa shape index (κ1) is 20.0. The number of carbonyl (C=O) groups excluding carboxylic acids is 2. The zero-order valence-corrected chi connectivity index (χ0v) is 17.6. The van der Waals surface area contributed by atoms with Crippen molar-refractivity contribution in [3.8, 4) is 11.3 Å². The first-order valence-electron chi connectivity index (χ1n) is 7.97. The molecule has 0 aliphatic carbocycles. The Morgan fingerprint density at radius 1 is 1.33 bits per heavy atom. The van der Waals surface area contributed by atoms with E-state index in [0.717, 1.165) is 10.5 Å². The van der Waals surface area contributed by atoms with Gasteiger partial charge in [-0.25, -0.2) is 8.42 Å². The largest absolute Gasteiger partial charge is 1.00 e. The molecule has 2 aliphatic heterocycles. The van der Waals surface area contributed by atoms with Gasteiger partial charge in [0.1, 0.15) is 15.8 Å². The van der Waals surface area contributed by atoms with Crippen LogP contribution in [0.1, 0.15) is 13.3 Å². The van der Waals surface area contributed by atoms with Gasteiger partial charge in [-0.15, -0.1) is 5.10 Å². The Bertz CT molecular complexity index is 1010. The summed E-state index contributed by atoms with van der Waals surface area (Å²) in [4.78, 5) is 24.3. The van der Waals surface area contributed by atoms with Gasteiger partial charge in [0, 0.05) is 5.56 Å². The molecule has 0 N–H and O–H groups in total. The van der Waals surface area contributed by atoms with E-state index in [2.05, 4.69) is 10.3 Å². The zero-order chi connectivity index (χ0) is 18.7. The molecule has 4 rings (SSSR count). The molecular weight excluding hydrogens is 383 g/mol. The number of amides is 1. The fraction of sp³-hybridized carbons (Fsp3) is 0.375. The van der Waals surface area contributed by atoms with Gasteiger partial charge in [0.2, 0.25) is 5.91 Å². The number of nitrogens with zero attached hydrogens (tertiary/aromatic N) is 4. The van der Waals surface area contributed by atoms with Crippen LogP contribution in [0, 0.1) is 0 Å². The van der Waals surface area contributed by atoms with Crippen LogP contribution in [0.25, 0.3) is 11.3 Å². The van der Waals surface area contributed by atoms with E-state index in [1.54, 1.807) is 6.20 Å². The predicted octanol–water partition coefficient (Wildman–Crippen LogP) is -4.19. The van der Waals surface area contributed by atoms with Gasteiger partial charge in [0.05, 0.1) is 31.2 Å². The summed E-state index contributed by atoms with van der Waals surface area (Å²) >= 11 is 0. The second kappa shape index (κ2) is 6.69. The van der Waals surface area contributed by atoms with E-state index >= 15 is 0 Å². The molecule has 3 atom stereocenters. The average Bonchev–Trinajstić information content (AvgIpc) is 3.09. The number of sulfone groups is 1. The summed E-state index contributed by atoms with van der Waals surface area (Å²) in [6.07, 6.45) is 1.36. The molecule has 2 aliphatic rings. The van der Waals surface area contributed by atoms with Crippen molar-refractivity contribution in [3.63, 3.8) is 0 Å². The molecule has 0 unspecified atom stereocenters. The van der Waals surface area contributed by atoms with Gasteiger partial charge in [0.15, 0.2) is 9.84 Å². The Morgan fingerprint density at radius 3 is 2.59 bits per heavy atom. The van der Waals surface area contributed by atoms with Crippen LogP contribution in [0.3, 0.4) is 0 Å². The molecule has 27 heavy (non-hydrogen) atoms. The molecule has 0 bridgehead atoms. The van der Waals surface area contributed by atoms with E-state index < -0.39 is 37.9 Å². The third-order valence-electron chi connectivity index (χ3n) is 5.12. The van der Waals surface area contributed by atoms with Crippen LogP contribution in [-0.2, 0) is 26.0 Å². The van der Waals surface area contributed by atoms with E-state index in [4.69, 9.17) is 0 Å². The SMILES string of the molecule is C[C@]1(Cn2cc(-c3ccccc3)nn2)[C@H](C(=O)[O-])N2C(=O)C[C@H]2S1(=O)=O.[Na+]. The second-order valence-electron chi connectivity index (χ2n) is 6.71. The predicted molar refractivity (Wildman–Crippen MR) is 86.8 cm³/mol. The number of aliphatic carboxylic acids is 1. The van der Waals surface area contributed by atoms with E-state index in [0.29, 0.717) is 5.69 Å². The molecule has 1 aromatic heterocycles. The van der Waals surface area contributed by atoms with Crippen LogP contribution in [0.5, 0.6) is 0 Å². The molecule has 2 fully saturated rings. The molecule has 3 heterocycles. The standard InChI is InChI=1S/C16H16N4O5S.Na/c1-16(9-19-8-11(17-18-19)10-5-3-2-4-6-10)14(15(22)23)20-12(21)7-13(20)26(16,24)25;/h2-6,8,13-14H,7,9H2,1H3,(H,22,23);/q;+1/p-1/t13-,14+,16+;/m1./s1. The molecular formula is C16H15N4NaO5S. The summed E-state index contributed by atoms with van der Waals surface area (Å²) in [6, 6.07) is 7.63. The number of carboxylic acid groups (broad SMARTS) is 1. The van der Waals surface area contributed by atoms with Gasteiger partial charge in [-0.05, 0) is 6.92 Å². The van der Waals surface area contributed by atoms with E-state index in [9.17, 15) is 23.1 Å². The minimum absolute atomic E-state index is 0. The van der Waals surface area contributed by atoms with Crippen molar-refractivity contribution >= 4 is 21.7 Å². The van der Waals surface area contributed by atoms with Crippen molar-refractivity contribution in [1.29, 1.82) is 0 Å². The first-order chi connectivity index (χ1) is 12.3. The number of hydrogen-bond donors (Lipinski definition) is 0. The van der Waals surface area contributed by atoms with Gasteiger partial charge >= 0.3 is 29.6 Å². The summed E-state index contributed by atoms with van der Waals surface area (Å²) in [5.74, 6) is -2.09. The Labute approximate surface area is 177 Å². The summed E-state index contributed by atoms with van der Waals surface area (Å²) in [5, 5.41) is 18.5. The fourth-order valence-corrected chi connectivity index (χ4v) is 6.06. The molecule has 2 aromatic rings.